The predicted molar refractivity (Wildman–Crippen MR) is 73.9 cm³/mol. The Labute approximate surface area is 110 Å². The number of aromatic nitrogens is 2. The van der Waals surface area contributed by atoms with Crippen LogP contribution in [0.1, 0.15) is 22.2 Å². The first-order valence-corrected chi connectivity index (χ1v) is 6.96. The highest BCUT2D eigenvalue weighted by Crippen LogP contribution is 2.34. The van der Waals surface area contributed by atoms with Crippen LogP contribution in [0.25, 0.3) is 0 Å². The molecule has 4 nitrogen and oxygen atoms in total. The molecule has 0 radical (unpaired) electrons. The van der Waals surface area contributed by atoms with Gasteiger partial charge in [0.05, 0.1) is 6.04 Å². The summed E-state index contributed by atoms with van der Waals surface area (Å²) in [4.78, 5) is 2.28. The summed E-state index contributed by atoms with van der Waals surface area (Å²) >= 11 is 1.64. The van der Waals surface area contributed by atoms with Crippen molar-refractivity contribution in [3.05, 3.63) is 40.4 Å². The molecule has 5 heteroatoms. The second kappa shape index (κ2) is 4.66. The Kier molecular flexibility index (Phi) is 3.01. The van der Waals surface area contributed by atoms with E-state index in [1.165, 1.54) is 11.1 Å². The lowest BCUT2D eigenvalue weighted by molar-refractivity contribution is 0.587. The summed E-state index contributed by atoms with van der Waals surface area (Å²) in [5.41, 5.74) is 8.71. The maximum Gasteiger partial charge on any atom is 0.208 e. The Hall–Kier alpha value is -1.46. The summed E-state index contributed by atoms with van der Waals surface area (Å²) in [5, 5.41) is 10.3. The minimum Gasteiger partial charge on any atom is -0.338 e. The molecule has 0 aliphatic carbocycles. The van der Waals surface area contributed by atoms with Gasteiger partial charge in [-0.25, -0.2) is 0 Å². The zero-order valence-corrected chi connectivity index (χ0v) is 11.2. The van der Waals surface area contributed by atoms with Crippen molar-refractivity contribution in [2.75, 3.05) is 18.0 Å². The number of rotatable bonds is 2. The summed E-state index contributed by atoms with van der Waals surface area (Å²) in [6, 6.07) is 8.77. The minimum absolute atomic E-state index is 0.224. The monoisotopic (exact) mass is 260 g/mol. The number of benzene rings is 1. The van der Waals surface area contributed by atoms with E-state index < -0.39 is 0 Å². The van der Waals surface area contributed by atoms with Crippen LogP contribution in [0.15, 0.2) is 24.3 Å². The molecule has 1 aliphatic rings. The SMILES string of the molecule is Cc1nnc(N2CCc3ccccc3C2CN)s1. The first-order chi connectivity index (χ1) is 8.79. The number of fused-ring (bicyclic) bond motifs is 1. The van der Waals surface area contributed by atoms with Crippen molar-refractivity contribution in [3.63, 3.8) is 0 Å². The highest BCUT2D eigenvalue weighted by Gasteiger charge is 2.28. The Morgan fingerprint density at radius 1 is 1.39 bits per heavy atom. The third-order valence-corrected chi connectivity index (χ3v) is 4.27. The summed E-state index contributed by atoms with van der Waals surface area (Å²) in [6.45, 7) is 3.56. The van der Waals surface area contributed by atoms with E-state index in [1.54, 1.807) is 11.3 Å². The molecule has 1 aliphatic heterocycles. The zero-order valence-electron chi connectivity index (χ0n) is 10.3. The number of nitrogens with zero attached hydrogens (tertiary/aromatic N) is 3. The fourth-order valence-electron chi connectivity index (χ4n) is 2.54. The van der Waals surface area contributed by atoms with Gasteiger partial charge in [0.15, 0.2) is 0 Å². The molecular formula is C13H16N4S. The van der Waals surface area contributed by atoms with Gasteiger partial charge in [-0.2, -0.15) is 0 Å². The normalized spacial score (nSPS) is 18.8. The van der Waals surface area contributed by atoms with E-state index in [0.29, 0.717) is 6.54 Å². The Bertz CT molecular complexity index is 551. The molecule has 2 N–H and O–H groups in total. The molecule has 94 valence electrons. The van der Waals surface area contributed by atoms with Crippen molar-refractivity contribution < 1.29 is 0 Å². The first-order valence-electron chi connectivity index (χ1n) is 6.14. The number of hydrogen-bond acceptors (Lipinski definition) is 5. The lowest BCUT2D eigenvalue weighted by Gasteiger charge is -2.36. The van der Waals surface area contributed by atoms with Crippen LogP contribution in [0, 0.1) is 6.92 Å². The van der Waals surface area contributed by atoms with Gasteiger partial charge in [0, 0.05) is 13.1 Å². The predicted octanol–water partition coefficient (Wildman–Crippen LogP) is 1.91. The van der Waals surface area contributed by atoms with Crippen molar-refractivity contribution in [1.82, 2.24) is 10.2 Å². The number of anilines is 1. The van der Waals surface area contributed by atoms with Gasteiger partial charge in [0.25, 0.3) is 0 Å². The molecular weight excluding hydrogens is 244 g/mol. The quantitative estimate of drug-likeness (QED) is 0.896. The van der Waals surface area contributed by atoms with E-state index >= 15 is 0 Å². The van der Waals surface area contributed by atoms with Crippen LogP contribution in [0.4, 0.5) is 5.13 Å². The second-order valence-electron chi connectivity index (χ2n) is 4.50. The Balaban J connectivity index is 1.99. The van der Waals surface area contributed by atoms with Crippen LogP contribution in [0.5, 0.6) is 0 Å². The molecule has 1 aromatic heterocycles. The largest absolute Gasteiger partial charge is 0.338 e. The summed E-state index contributed by atoms with van der Waals surface area (Å²) in [7, 11) is 0. The fraction of sp³-hybridized carbons (Fsp3) is 0.385. The third kappa shape index (κ3) is 1.89. The van der Waals surface area contributed by atoms with Gasteiger partial charge in [-0.1, -0.05) is 35.6 Å². The van der Waals surface area contributed by atoms with Crippen LogP contribution in [0.2, 0.25) is 0 Å². The number of hydrogen-bond donors (Lipinski definition) is 1. The van der Waals surface area contributed by atoms with Crippen LogP contribution >= 0.6 is 11.3 Å². The van der Waals surface area contributed by atoms with E-state index in [9.17, 15) is 0 Å². The lowest BCUT2D eigenvalue weighted by atomic mass is 9.93. The maximum atomic E-state index is 5.97. The second-order valence-corrected chi connectivity index (χ2v) is 5.66. The molecule has 3 rings (SSSR count). The van der Waals surface area contributed by atoms with E-state index in [-0.39, 0.29) is 6.04 Å². The molecule has 1 atom stereocenters. The van der Waals surface area contributed by atoms with Gasteiger partial charge in [-0.05, 0) is 24.5 Å². The van der Waals surface area contributed by atoms with Crippen molar-refractivity contribution in [3.8, 4) is 0 Å². The molecule has 0 fully saturated rings. The van der Waals surface area contributed by atoms with Crippen molar-refractivity contribution >= 4 is 16.5 Å². The first kappa shape index (κ1) is 11.6. The van der Waals surface area contributed by atoms with Crippen LogP contribution in [0.3, 0.4) is 0 Å². The number of aryl methyl sites for hydroxylation is 1. The summed E-state index contributed by atoms with van der Waals surface area (Å²) < 4.78 is 0. The number of nitrogens with two attached hydrogens (primary N) is 1. The smallest absolute Gasteiger partial charge is 0.208 e. The van der Waals surface area contributed by atoms with Gasteiger partial charge < -0.3 is 10.6 Å². The summed E-state index contributed by atoms with van der Waals surface area (Å²) in [5.74, 6) is 0. The molecule has 18 heavy (non-hydrogen) atoms. The average molecular weight is 260 g/mol. The molecule has 0 bridgehead atoms. The Morgan fingerprint density at radius 2 is 2.22 bits per heavy atom. The van der Waals surface area contributed by atoms with Gasteiger partial charge in [0.1, 0.15) is 5.01 Å². The third-order valence-electron chi connectivity index (χ3n) is 3.40. The average Bonchev–Trinajstić information content (AvgIpc) is 2.84. The van der Waals surface area contributed by atoms with E-state index in [2.05, 4.69) is 39.4 Å². The van der Waals surface area contributed by atoms with Crippen molar-refractivity contribution in [1.29, 1.82) is 0 Å². The van der Waals surface area contributed by atoms with Crippen LogP contribution in [-0.4, -0.2) is 23.3 Å². The maximum absolute atomic E-state index is 5.97. The Morgan fingerprint density at radius 3 is 2.94 bits per heavy atom. The topological polar surface area (TPSA) is 55.0 Å². The molecule has 0 amide bonds. The molecule has 0 saturated heterocycles. The van der Waals surface area contributed by atoms with Gasteiger partial charge >= 0.3 is 0 Å². The van der Waals surface area contributed by atoms with Crippen LogP contribution in [-0.2, 0) is 6.42 Å². The highest BCUT2D eigenvalue weighted by atomic mass is 32.1. The van der Waals surface area contributed by atoms with E-state index in [1.807, 2.05) is 6.92 Å². The van der Waals surface area contributed by atoms with Gasteiger partial charge in [-0.15, -0.1) is 10.2 Å². The standard InChI is InChI=1S/C13H16N4S/c1-9-15-16-13(18-9)17-7-6-10-4-2-3-5-11(10)12(17)8-14/h2-5,12H,6-8,14H2,1H3. The lowest BCUT2D eigenvalue weighted by Crippen LogP contribution is -2.39. The van der Waals surface area contributed by atoms with Crippen LogP contribution < -0.4 is 10.6 Å². The fourth-order valence-corrected chi connectivity index (χ4v) is 3.30. The minimum atomic E-state index is 0.224. The van der Waals surface area contributed by atoms with Crippen molar-refractivity contribution in [2.45, 2.75) is 19.4 Å². The van der Waals surface area contributed by atoms with Crippen molar-refractivity contribution in [2.24, 2.45) is 5.73 Å². The zero-order chi connectivity index (χ0) is 12.5. The highest BCUT2D eigenvalue weighted by molar-refractivity contribution is 7.15. The molecule has 0 saturated carbocycles. The van der Waals surface area contributed by atoms with Gasteiger partial charge in [0.2, 0.25) is 5.13 Å². The molecule has 1 unspecified atom stereocenters. The molecule has 1 aromatic carbocycles. The summed E-state index contributed by atoms with van der Waals surface area (Å²) in [6.07, 6.45) is 1.05. The van der Waals surface area contributed by atoms with E-state index in [0.717, 1.165) is 23.1 Å². The van der Waals surface area contributed by atoms with Gasteiger partial charge in [-0.3, -0.25) is 0 Å². The van der Waals surface area contributed by atoms with E-state index in [4.69, 9.17) is 5.73 Å². The molecule has 2 aromatic rings. The molecule has 2 heterocycles. The molecule has 0 spiro atoms.